The summed E-state index contributed by atoms with van der Waals surface area (Å²) in [4.78, 5) is 31.6. The van der Waals surface area contributed by atoms with E-state index in [9.17, 15) is 4.79 Å². The molecule has 0 aliphatic carbocycles. The van der Waals surface area contributed by atoms with Gasteiger partial charge in [-0.3, -0.25) is 14.8 Å². The summed E-state index contributed by atoms with van der Waals surface area (Å²) in [5.41, 5.74) is 10.5. The minimum absolute atomic E-state index is 0.0162. The SMILES string of the molecule is CN=C/C(=C(\N)c1ccc(OCc2nc(N3CCNC(=O)C3)c3ccccc3n2)cc1)c1ccncc1. The Bertz CT molecular complexity index is 1470. The number of anilines is 1. The van der Waals surface area contributed by atoms with Crippen LogP contribution in [0.5, 0.6) is 5.75 Å². The van der Waals surface area contributed by atoms with Crippen molar-refractivity contribution in [2.75, 3.05) is 31.6 Å². The molecular weight excluding hydrogens is 466 g/mol. The number of carbonyl (C=O) groups is 1. The van der Waals surface area contributed by atoms with Crippen molar-refractivity contribution in [1.82, 2.24) is 20.3 Å². The minimum atomic E-state index is -0.0162. The van der Waals surface area contributed by atoms with Crippen LogP contribution >= 0.6 is 0 Å². The van der Waals surface area contributed by atoms with Crippen LogP contribution in [0.15, 0.2) is 78.0 Å². The Kier molecular flexibility index (Phi) is 7.02. The van der Waals surface area contributed by atoms with Crippen molar-refractivity contribution in [1.29, 1.82) is 0 Å². The summed E-state index contributed by atoms with van der Waals surface area (Å²) in [5, 5.41) is 3.77. The number of piperazine rings is 1. The molecule has 2 aromatic carbocycles. The second kappa shape index (κ2) is 10.9. The van der Waals surface area contributed by atoms with Gasteiger partial charge in [-0.2, -0.15) is 0 Å². The van der Waals surface area contributed by atoms with E-state index in [1.54, 1.807) is 25.7 Å². The summed E-state index contributed by atoms with van der Waals surface area (Å²) in [6.45, 7) is 1.73. The third kappa shape index (κ3) is 5.40. The maximum Gasteiger partial charge on any atom is 0.239 e. The number of nitrogens with zero attached hydrogens (tertiary/aromatic N) is 5. The molecule has 0 bridgehead atoms. The fourth-order valence-corrected chi connectivity index (χ4v) is 4.23. The molecular formula is C28H27N7O2. The molecule has 0 radical (unpaired) electrons. The highest BCUT2D eigenvalue weighted by Crippen LogP contribution is 2.26. The smallest absolute Gasteiger partial charge is 0.239 e. The summed E-state index contributed by atoms with van der Waals surface area (Å²) in [7, 11) is 1.71. The van der Waals surface area contributed by atoms with Gasteiger partial charge in [0.1, 0.15) is 18.2 Å². The molecule has 2 aromatic heterocycles. The van der Waals surface area contributed by atoms with Crippen LogP contribution < -0.4 is 20.7 Å². The van der Waals surface area contributed by atoms with Crippen LogP contribution in [-0.4, -0.2) is 53.8 Å². The van der Waals surface area contributed by atoms with E-state index in [0.29, 0.717) is 30.4 Å². The first kappa shape index (κ1) is 23.9. The van der Waals surface area contributed by atoms with Gasteiger partial charge < -0.3 is 20.7 Å². The Morgan fingerprint density at radius 2 is 1.86 bits per heavy atom. The molecule has 5 rings (SSSR count). The van der Waals surface area contributed by atoms with Crippen LogP contribution in [0, 0.1) is 0 Å². The number of nitrogens with one attached hydrogen (secondary N) is 1. The first-order valence-electron chi connectivity index (χ1n) is 11.9. The molecule has 0 spiro atoms. The standard InChI is InChI=1S/C28H27N7O2/c1-30-16-23(19-10-12-31-13-11-19)27(29)20-6-8-21(9-7-20)37-18-25-33-24-5-3-2-4-22(24)28(34-25)35-15-14-32-26(36)17-35/h2-13,16H,14-15,17-18,29H2,1H3,(H,32,36)/b27-23+,30-16?. The largest absolute Gasteiger partial charge is 0.486 e. The van der Waals surface area contributed by atoms with E-state index < -0.39 is 0 Å². The van der Waals surface area contributed by atoms with Gasteiger partial charge in [0.25, 0.3) is 0 Å². The van der Waals surface area contributed by atoms with Crippen molar-refractivity contribution >= 4 is 40.1 Å². The predicted molar refractivity (Wildman–Crippen MR) is 145 cm³/mol. The number of benzene rings is 2. The highest BCUT2D eigenvalue weighted by molar-refractivity contribution is 6.18. The van der Waals surface area contributed by atoms with Gasteiger partial charge in [-0.15, -0.1) is 0 Å². The second-order valence-corrected chi connectivity index (χ2v) is 8.52. The van der Waals surface area contributed by atoms with Crippen molar-refractivity contribution in [3.8, 4) is 5.75 Å². The number of fused-ring (bicyclic) bond motifs is 1. The average molecular weight is 494 g/mol. The van der Waals surface area contributed by atoms with Gasteiger partial charge >= 0.3 is 0 Å². The quantitative estimate of drug-likeness (QED) is 0.380. The van der Waals surface area contributed by atoms with Crippen molar-refractivity contribution in [2.24, 2.45) is 10.7 Å². The van der Waals surface area contributed by atoms with Crippen LogP contribution in [0.4, 0.5) is 5.82 Å². The van der Waals surface area contributed by atoms with Crippen LogP contribution in [0.2, 0.25) is 0 Å². The maximum atomic E-state index is 12.0. The molecule has 1 saturated heterocycles. The predicted octanol–water partition coefficient (Wildman–Crippen LogP) is 3.07. The molecule has 37 heavy (non-hydrogen) atoms. The number of allylic oxidation sites excluding steroid dienone is 1. The number of carbonyl (C=O) groups excluding carboxylic acids is 1. The zero-order chi connectivity index (χ0) is 25.6. The highest BCUT2D eigenvalue weighted by Gasteiger charge is 2.21. The normalized spacial score (nSPS) is 14.5. The van der Waals surface area contributed by atoms with Gasteiger partial charge in [0, 0.05) is 55.4 Å². The van der Waals surface area contributed by atoms with Gasteiger partial charge in [-0.05, 0) is 59.7 Å². The number of amides is 1. The van der Waals surface area contributed by atoms with Gasteiger partial charge in [0.15, 0.2) is 5.82 Å². The number of aromatic nitrogens is 3. The number of rotatable bonds is 7. The van der Waals surface area contributed by atoms with E-state index in [2.05, 4.69) is 20.3 Å². The van der Waals surface area contributed by atoms with Gasteiger partial charge in [0.2, 0.25) is 5.91 Å². The molecule has 0 atom stereocenters. The van der Waals surface area contributed by atoms with E-state index in [4.69, 9.17) is 15.5 Å². The molecule has 0 saturated carbocycles. The van der Waals surface area contributed by atoms with Crippen molar-refractivity contribution in [3.63, 3.8) is 0 Å². The van der Waals surface area contributed by atoms with E-state index in [1.807, 2.05) is 65.6 Å². The van der Waals surface area contributed by atoms with Crippen molar-refractivity contribution < 1.29 is 9.53 Å². The lowest BCUT2D eigenvalue weighted by Gasteiger charge is -2.28. The van der Waals surface area contributed by atoms with Crippen LogP contribution in [0.25, 0.3) is 22.2 Å². The van der Waals surface area contributed by atoms with Gasteiger partial charge in [0.05, 0.1) is 12.1 Å². The number of ether oxygens (including phenoxy) is 1. The Hall–Kier alpha value is -4.79. The topological polar surface area (TPSA) is 119 Å². The summed E-state index contributed by atoms with van der Waals surface area (Å²) in [6.07, 6.45) is 5.20. The maximum absolute atomic E-state index is 12.0. The summed E-state index contributed by atoms with van der Waals surface area (Å²) >= 11 is 0. The molecule has 9 heteroatoms. The highest BCUT2D eigenvalue weighted by atomic mass is 16.5. The lowest BCUT2D eigenvalue weighted by atomic mass is 10.0. The molecule has 1 aliphatic rings. The van der Waals surface area contributed by atoms with E-state index in [1.165, 1.54) is 0 Å². The Morgan fingerprint density at radius 1 is 1.08 bits per heavy atom. The molecule has 3 N–H and O–H groups in total. The Balaban J connectivity index is 1.36. The number of hydrogen-bond acceptors (Lipinski definition) is 8. The number of para-hydroxylation sites is 1. The summed E-state index contributed by atoms with van der Waals surface area (Å²) in [5.74, 6) is 1.94. The van der Waals surface area contributed by atoms with Gasteiger partial charge in [-0.1, -0.05) is 12.1 Å². The van der Waals surface area contributed by atoms with Crippen molar-refractivity contribution in [3.05, 3.63) is 90.0 Å². The fourth-order valence-electron chi connectivity index (χ4n) is 4.23. The van der Waals surface area contributed by atoms with Gasteiger partial charge in [-0.25, -0.2) is 9.97 Å². The average Bonchev–Trinajstić information content (AvgIpc) is 2.95. The fraction of sp³-hybridized carbons (Fsp3) is 0.179. The van der Waals surface area contributed by atoms with Crippen LogP contribution in [0.3, 0.4) is 0 Å². The third-order valence-electron chi connectivity index (χ3n) is 6.04. The minimum Gasteiger partial charge on any atom is -0.486 e. The Labute approximate surface area is 214 Å². The zero-order valence-corrected chi connectivity index (χ0v) is 20.5. The molecule has 0 unspecified atom stereocenters. The molecule has 4 aromatic rings. The number of aliphatic imine (C=N–C) groups is 1. The van der Waals surface area contributed by atoms with Crippen LogP contribution in [0.1, 0.15) is 17.0 Å². The summed E-state index contributed by atoms with van der Waals surface area (Å²) < 4.78 is 6.02. The lowest BCUT2D eigenvalue weighted by molar-refractivity contribution is -0.120. The molecule has 1 aliphatic heterocycles. The first-order chi connectivity index (χ1) is 18.1. The molecule has 9 nitrogen and oxygen atoms in total. The van der Waals surface area contributed by atoms with Crippen molar-refractivity contribution in [2.45, 2.75) is 6.61 Å². The molecule has 1 fully saturated rings. The molecule has 1 amide bonds. The first-order valence-corrected chi connectivity index (χ1v) is 11.9. The summed E-state index contributed by atoms with van der Waals surface area (Å²) in [6, 6.07) is 19.2. The number of nitrogens with two attached hydrogens (primary N) is 1. The number of pyridine rings is 1. The zero-order valence-electron chi connectivity index (χ0n) is 20.5. The van der Waals surface area contributed by atoms with E-state index in [-0.39, 0.29) is 19.1 Å². The molecule has 3 heterocycles. The Morgan fingerprint density at radius 3 is 2.62 bits per heavy atom. The van der Waals surface area contributed by atoms with E-state index >= 15 is 0 Å². The second-order valence-electron chi connectivity index (χ2n) is 8.52. The molecule has 186 valence electrons. The van der Waals surface area contributed by atoms with Crippen LogP contribution in [-0.2, 0) is 11.4 Å². The lowest BCUT2D eigenvalue weighted by Crippen LogP contribution is -2.48. The van der Waals surface area contributed by atoms with E-state index in [0.717, 1.165) is 33.4 Å². The monoisotopic (exact) mass is 493 g/mol. The number of hydrogen-bond donors (Lipinski definition) is 2. The third-order valence-corrected chi connectivity index (χ3v) is 6.04.